The molecule has 1 heterocycles. The molecule has 1 aliphatic heterocycles. The van der Waals surface area contributed by atoms with Crippen LogP contribution in [0.2, 0.25) is 0 Å². The highest BCUT2D eigenvalue weighted by molar-refractivity contribution is 7.89. The molecule has 1 fully saturated rings. The average molecular weight is 468 g/mol. The largest absolute Gasteiger partial charge is 0.322 e. The standard InChI is InChI=1S/C25H26FN3O3S/c26-22-10-12-24(13-11-22)33(31,32)29-15-5-14-28(16-17-29)19-20-6-4-7-21(18-20)25(30)27-23-8-2-1-3-9-23/h1-4,6-13,18H,5,14-17,19H2,(H,27,30). The van der Waals surface area contributed by atoms with Crippen LogP contribution in [0.1, 0.15) is 22.3 Å². The minimum absolute atomic E-state index is 0.106. The second-order valence-electron chi connectivity index (χ2n) is 8.01. The van der Waals surface area contributed by atoms with Crippen LogP contribution < -0.4 is 5.32 Å². The van der Waals surface area contributed by atoms with Crippen molar-refractivity contribution in [1.29, 1.82) is 0 Å². The number of para-hydroxylation sites is 1. The lowest BCUT2D eigenvalue weighted by Crippen LogP contribution is -2.35. The molecule has 4 rings (SSSR count). The molecule has 3 aromatic carbocycles. The molecule has 1 amide bonds. The Morgan fingerprint density at radius 3 is 2.39 bits per heavy atom. The maximum atomic E-state index is 13.2. The van der Waals surface area contributed by atoms with E-state index in [1.165, 1.54) is 16.4 Å². The second-order valence-corrected chi connectivity index (χ2v) is 9.95. The highest BCUT2D eigenvalue weighted by atomic mass is 32.2. The Morgan fingerprint density at radius 1 is 0.879 bits per heavy atom. The Morgan fingerprint density at radius 2 is 1.64 bits per heavy atom. The molecule has 1 N–H and O–H groups in total. The van der Waals surface area contributed by atoms with Crippen molar-refractivity contribution >= 4 is 21.6 Å². The third-order valence-corrected chi connectivity index (χ3v) is 7.54. The molecule has 3 aromatic rings. The molecule has 0 spiro atoms. The molecule has 1 saturated heterocycles. The van der Waals surface area contributed by atoms with Crippen molar-refractivity contribution < 1.29 is 17.6 Å². The molecule has 8 heteroatoms. The van der Waals surface area contributed by atoms with Crippen molar-refractivity contribution in [3.63, 3.8) is 0 Å². The van der Waals surface area contributed by atoms with Gasteiger partial charge in [0.15, 0.2) is 0 Å². The van der Waals surface area contributed by atoms with Crippen LogP contribution in [-0.4, -0.2) is 49.7 Å². The normalized spacial score (nSPS) is 15.7. The third kappa shape index (κ3) is 5.84. The van der Waals surface area contributed by atoms with Crippen LogP contribution in [0.5, 0.6) is 0 Å². The number of sulfonamides is 1. The first-order valence-electron chi connectivity index (χ1n) is 10.9. The molecule has 33 heavy (non-hydrogen) atoms. The van der Waals surface area contributed by atoms with E-state index in [-0.39, 0.29) is 10.8 Å². The smallest absolute Gasteiger partial charge is 0.255 e. The van der Waals surface area contributed by atoms with Gasteiger partial charge in [0, 0.05) is 37.4 Å². The fraction of sp³-hybridized carbons (Fsp3) is 0.240. The molecule has 0 radical (unpaired) electrons. The molecular weight excluding hydrogens is 441 g/mol. The number of carbonyl (C=O) groups is 1. The fourth-order valence-electron chi connectivity index (χ4n) is 3.90. The first-order valence-corrected chi connectivity index (χ1v) is 12.3. The summed E-state index contributed by atoms with van der Waals surface area (Å²) in [7, 11) is -3.66. The van der Waals surface area contributed by atoms with Crippen LogP contribution in [-0.2, 0) is 16.6 Å². The summed E-state index contributed by atoms with van der Waals surface area (Å²) in [6.45, 7) is 2.71. The lowest BCUT2D eigenvalue weighted by molar-refractivity contribution is 0.102. The summed E-state index contributed by atoms with van der Waals surface area (Å²) in [5.41, 5.74) is 2.31. The monoisotopic (exact) mass is 467 g/mol. The van der Waals surface area contributed by atoms with E-state index in [1.807, 2.05) is 48.5 Å². The Labute approximate surface area is 193 Å². The number of hydrogen-bond acceptors (Lipinski definition) is 4. The average Bonchev–Trinajstić information content (AvgIpc) is 3.06. The van der Waals surface area contributed by atoms with Crippen LogP contribution in [0.4, 0.5) is 10.1 Å². The second kappa shape index (κ2) is 10.2. The Bertz CT molecular complexity index is 1200. The zero-order valence-corrected chi connectivity index (χ0v) is 19.0. The third-order valence-electron chi connectivity index (χ3n) is 5.63. The van der Waals surface area contributed by atoms with Gasteiger partial charge in [-0.3, -0.25) is 9.69 Å². The maximum absolute atomic E-state index is 13.2. The summed E-state index contributed by atoms with van der Waals surface area (Å²) in [6.07, 6.45) is 0.689. The predicted octanol–water partition coefficient (Wildman–Crippen LogP) is 3.97. The first kappa shape index (κ1) is 23.1. The SMILES string of the molecule is O=C(Nc1ccccc1)c1cccc(CN2CCCN(S(=O)(=O)c3ccc(F)cc3)CC2)c1. The van der Waals surface area contributed by atoms with Crippen molar-refractivity contribution in [1.82, 2.24) is 9.21 Å². The summed E-state index contributed by atoms with van der Waals surface area (Å²) < 4.78 is 40.5. The van der Waals surface area contributed by atoms with Gasteiger partial charge in [-0.05, 0) is 67.1 Å². The van der Waals surface area contributed by atoms with E-state index in [4.69, 9.17) is 0 Å². The lowest BCUT2D eigenvalue weighted by Gasteiger charge is -2.22. The van der Waals surface area contributed by atoms with Gasteiger partial charge in [-0.15, -0.1) is 0 Å². The highest BCUT2D eigenvalue weighted by Crippen LogP contribution is 2.19. The Balaban J connectivity index is 1.39. The number of rotatable bonds is 6. The number of anilines is 1. The zero-order chi connectivity index (χ0) is 23.3. The van der Waals surface area contributed by atoms with Crippen molar-refractivity contribution in [3.8, 4) is 0 Å². The van der Waals surface area contributed by atoms with Crippen LogP contribution in [0.15, 0.2) is 83.8 Å². The van der Waals surface area contributed by atoms with Crippen molar-refractivity contribution in [2.75, 3.05) is 31.5 Å². The molecule has 0 bridgehead atoms. The first-order chi connectivity index (χ1) is 15.9. The van der Waals surface area contributed by atoms with Gasteiger partial charge < -0.3 is 5.32 Å². The van der Waals surface area contributed by atoms with Crippen molar-refractivity contribution in [2.24, 2.45) is 0 Å². The van der Waals surface area contributed by atoms with Gasteiger partial charge in [0.1, 0.15) is 5.82 Å². The van der Waals surface area contributed by atoms with E-state index in [0.29, 0.717) is 38.2 Å². The summed E-state index contributed by atoms with van der Waals surface area (Å²) in [5.74, 6) is -0.633. The quantitative estimate of drug-likeness (QED) is 0.596. The number of hydrogen-bond donors (Lipinski definition) is 1. The molecule has 0 saturated carbocycles. The van der Waals surface area contributed by atoms with Crippen molar-refractivity contribution in [2.45, 2.75) is 17.9 Å². The van der Waals surface area contributed by atoms with Gasteiger partial charge >= 0.3 is 0 Å². The molecule has 6 nitrogen and oxygen atoms in total. The number of benzene rings is 3. The summed E-state index contributed by atoms with van der Waals surface area (Å²) >= 11 is 0. The van der Waals surface area contributed by atoms with E-state index in [1.54, 1.807) is 6.07 Å². The number of halogens is 1. The molecule has 0 unspecified atom stereocenters. The zero-order valence-electron chi connectivity index (χ0n) is 18.2. The fourth-order valence-corrected chi connectivity index (χ4v) is 5.36. The molecule has 0 atom stereocenters. The van der Waals surface area contributed by atoms with Crippen molar-refractivity contribution in [3.05, 3.63) is 95.8 Å². The Kier molecular flexibility index (Phi) is 7.17. The number of amides is 1. The van der Waals surface area contributed by atoms with E-state index < -0.39 is 15.8 Å². The van der Waals surface area contributed by atoms with Gasteiger partial charge in [0.25, 0.3) is 5.91 Å². The maximum Gasteiger partial charge on any atom is 0.255 e. The van der Waals surface area contributed by atoms with Crippen LogP contribution in [0.3, 0.4) is 0 Å². The molecule has 172 valence electrons. The molecule has 0 aromatic heterocycles. The van der Waals surface area contributed by atoms with Gasteiger partial charge in [-0.2, -0.15) is 4.31 Å². The molecule has 0 aliphatic carbocycles. The summed E-state index contributed by atoms with van der Waals surface area (Å²) in [6, 6.07) is 21.7. The van der Waals surface area contributed by atoms with E-state index in [2.05, 4.69) is 10.2 Å². The van der Waals surface area contributed by atoms with E-state index in [9.17, 15) is 17.6 Å². The van der Waals surface area contributed by atoms with Gasteiger partial charge in [0.05, 0.1) is 4.90 Å². The lowest BCUT2D eigenvalue weighted by atomic mass is 10.1. The summed E-state index contributed by atoms with van der Waals surface area (Å²) in [4.78, 5) is 14.9. The van der Waals surface area contributed by atoms with Gasteiger partial charge in [-0.1, -0.05) is 30.3 Å². The van der Waals surface area contributed by atoms with Crippen LogP contribution in [0, 0.1) is 5.82 Å². The summed E-state index contributed by atoms with van der Waals surface area (Å²) in [5, 5.41) is 2.89. The Hall–Kier alpha value is -3.07. The topological polar surface area (TPSA) is 69.7 Å². The number of carbonyl (C=O) groups excluding carboxylic acids is 1. The van der Waals surface area contributed by atoms with Crippen LogP contribution >= 0.6 is 0 Å². The highest BCUT2D eigenvalue weighted by Gasteiger charge is 2.27. The molecular formula is C25H26FN3O3S. The van der Waals surface area contributed by atoms with Gasteiger partial charge in [-0.25, -0.2) is 12.8 Å². The van der Waals surface area contributed by atoms with E-state index in [0.717, 1.165) is 29.9 Å². The molecule has 1 aliphatic rings. The minimum Gasteiger partial charge on any atom is -0.322 e. The number of nitrogens with zero attached hydrogens (tertiary/aromatic N) is 2. The number of nitrogens with one attached hydrogen (secondary N) is 1. The van der Waals surface area contributed by atoms with E-state index >= 15 is 0 Å². The minimum atomic E-state index is -3.66. The predicted molar refractivity (Wildman–Crippen MR) is 126 cm³/mol. The van der Waals surface area contributed by atoms with Crippen LogP contribution in [0.25, 0.3) is 0 Å². The van der Waals surface area contributed by atoms with Gasteiger partial charge in [0.2, 0.25) is 10.0 Å².